The summed E-state index contributed by atoms with van der Waals surface area (Å²) in [4.78, 5) is 4.32. The molecule has 2 N–H and O–H groups in total. The first-order valence-corrected chi connectivity index (χ1v) is 8.77. The van der Waals surface area contributed by atoms with Crippen LogP contribution in [-0.4, -0.2) is 31.8 Å². The lowest BCUT2D eigenvalue weighted by Crippen LogP contribution is -2.42. The fourth-order valence-corrected chi connectivity index (χ4v) is 3.21. The van der Waals surface area contributed by atoms with Gasteiger partial charge in [-0.1, -0.05) is 12.2 Å². The van der Waals surface area contributed by atoms with Crippen LogP contribution in [0, 0.1) is 0 Å². The highest BCUT2D eigenvalue weighted by molar-refractivity contribution is 5.80. The van der Waals surface area contributed by atoms with Crippen LogP contribution >= 0.6 is 0 Å². The molecule has 0 bridgehead atoms. The summed E-state index contributed by atoms with van der Waals surface area (Å²) >= 11 is 0. The molecule has 24 heavy (non-hydrogen) atoms. The molecule has 130 valence electrons. The predicted molar refractivity (Wildman–Crippen MR) is 96.9 cm³/mol. The monoisotopic (exact) mass is 329 g/mol. The van der Waals surface area contributed by atoms with Gasteiger partial charge in [-0.25, -0.2) is 0 Å². The van der Waals surface area contributed by atoms with E-state index in [1.54, 1.807) is 7.05 Å². The van der Waals surface area contributed by atoms with Crippen LogP contribution in [0.1, 0.15) is 37.8 Å². The Labute approximate surface area is 144 Å². The van der Waals surface area contributed by atoms with Crippen molar-refractivity contribution in [2.45, 2.75) is 51.8 Å². The van der Waals surface area contributed by atoms with Gasteiger partial charge in [-0.05, 0) is 38.8 Å². The van der Waals surface area contributed by atoms with Crippen molar-refractivity contribution < 1.29 is 9.47 Å². The lowest BCUT2D eigenvalue weighted by molar-refractivity contribution is 0.254. The van der Waals surface area contributed by atoms with Gasteiger partial charge in [0.05, 0.1) is 6.61 Å². The molecule has 2 aliphatic rings. The van der Waals surface area contributed by atoms with E-state index in [0.717, 1.165) is 42.3 Å². The maximum Gasteiger partial charge on any atom is 0.191 e. The standard InChI is InChI=1S/C19H27N3O2/c1-4-23-17-10-14-9-13(2)24-18(14)11-15(17)12-21-19(20-3)22-16-7-5-6-8-16/h5-6,10-11,13,16H,4,7-9,12H2,1-3H3,(H2,20,21,22). The highest BCUT2D eigenvalue weighted by Crippen LogP contribution is 2.35. The van der Waals surface area contributed by atoms with Gasteiger partial charge >= 0.3 is 0 Å². The molecule has 1 heterocycles. The molecule has 5 nitrogen and oxygen atoms in total. The Bertz CT molecular complexity index is 632. The summed E-state index contributed by atoms with van der Waals surface area (Å²) in [5.41, 5.74) is 2.33. The van der Waals surface area contributed by atoms with Gasteiger partial charge < -0.3 is 20.1 Å². The number of guanidine groups is 1. The largest absolute Gasteiger partial charge is 0.494 e. The highest BCUT2D eigenvalue weighted by atomic mass is 16.5. The zero-order valence-corrected chi connectivity index (χ0v) is 14.8. The first-order valence-electron chi connectivity index (χ1n) is 8.77. The van der Waals surface area contributed by atoms with Gasteiger partial charge in [0.25, 0.3) is 0 Å². The van der Waals surface area contributed by atoms with Crippen LogP contribution in [0.3, 0.4) is 0 Å². The van der Waals surface area contributed by atoms with Crippen LogP contribution in [0.5, 0.6) is 11.5 Å². The number of hydrogen-bond donors (Lipinski definition) is 2. The van der Waals surface area contributed by atoms with Crippen molar-refractivity contribution in [2.24, 2.45) is 4.99 Å². The molecular weight excluding hydrogens is 302 g/mol. The molecule has 3 rings (SSSR count). The van der Waals surface area contributed by atoms with Gasteiger partial charge in [0.1, 0.15) is 17.6 Å². The molecule has 0 radical (unpaired) electrons. The number of aliphatic imine (C=N–C) groups is 1. The van der Waals surface area contributed by atoms with E-state index in [0.29, 0.717) is 19.2 Å². The van der Waals surface area contributed by atoms with Gasteiger partial charge in [-0.15, -0.1) is 0 Å². The summed E-state index contributed by atoms with van der Waals surface area (Å²) in [6, 6.07) is 4.66. The van der Waals surface area contributed by atoms with Crippen LogP contribution in [0.25, 0.3) is 0 Å². The second-order valence-corrected chi connectivity index (χ2v) is 6.34. The fraction of sp³-hybridized carbons (Fsp3) is 0.526. The molecule has 0 aromatic heterocycles. The average Bonchev–Trinajstić information content (AvgIpc) is 3.19. The predicted octanol–water partition coefficient (Wildman–Crippen LogP) is 2.79. The summed E-state index contributed by atoms with van der Waals surface area (Å²) in [6.45, 7) is 5.42. The Morgan fingerprint density at radius 2 is 2.12 bits per heavy atom. The molecule has 1 aromatic rings. The molecule has 0 amide bonds. The van der Waals surface area contributed by atoms with E-state index in [4.69, 9.17) is 9.47 Å². The van der Waals surface area contributed by atoms with E-state index >= 15 is 0 Å². The number of fused-ring (bicyclic) bond motifs is 1. The normalized spacial score (nSPS) is 20.0. The number of rotatable bonds is 5. The van der Waals surface area contributed by atoms with Gasteiger partial charge in [0, 0.05) is 37.2 Å². The molecule has 1 aliphatic heterocycles. The first kappa shape index (κ1) is 16.7. The molecule has 1 atom stereocenters. The van der Waals surface area contributed by atoms with Crippen molar-refractivity contribution in [2.75, 3.05) is 13.7 Å². The molecule has 1 aromatic carbocycles. The zero-order valence-electron chi connectivity index (χ0n) is 14.8. The van der Waals surface area contributed by atoms with Crippen LogP contribution in [0.4, 0.5) is 0 Å². The molecular formula is C19H27N3O2. The molecule has 0 fully saturated rings. The maximum absolute atomic E-state index is 5.88. The Hall–Kier alpha value is -2.17. The third-order valence-electron chi connectivity index (χ3n) is 4.40. The zero-order chi connectivity index (χ0) is 16.9. The third kappa shape index (κ3) is 3.83. The summed E-state index contributed by atoms with van der Waals surface area (Å²) in [6.07, 6.45) is 7.70. The van der Waals surface area contributed by atoms with Crippen molar-refractivity contribution in [3.05, 3.63) is 35.4 Å². The third-order valence-corrected chi connectivity index (χ3v) is 4.40. The number of nitrogens with zero attached hydrogens (tertiary/aromatic N) is 1. The molecule has 1 aliphatic carbocycles. The second kappa shape index (κ2) is 7.60. The van der Waals surface area contributed by atoms with E-state index in [-0.39, 0.29) is 6.10 Å². The van der Waals surface area contributed by atoms with E-state index in [1.807, 2.05) is 6.92 Å². The van der Waals surface area contributed by atoms with Gasteiger partial charge in [-0.3, -0.25) is 4.99 Å². The molecule has 0 saturated carbocycles. The van der Waals surface area contributed by atoms with Crippen molar-refractivity contribution >= 4 is 5.96 Å². The van der Waals surface area contributed by atoms with Crippen molar-refractivity contribution in [1.29, 1.82) is 0 Å². The van der Waals surface area contributed by atoms with Crippen molar-refractivity contribution in [1.82, 2.24) is 10.6 Å². The lowest BCUT2D eigenvalue weighted by Gasteiger charge is -2.18. The number of ether oxygens (including phenoxy) is 2. The SMILES string of the molecule is CCOc1cc2c(cc1CNC(=NC)NC1CC=CC1)OC(C)C2. The highest BCUT2D eigenvalue weighted by Gasteiger charge is 2.22. The van der Waals surface area contributed by atoms with E-state index in [9.17, 15) is 0 Å². The topological polar surface area (TPSA) is 54.9 Å². The minimum absolute atomic E-state index is 0.238. The van der Waals surface area contributed by atoms with Crippen LogP contribution in [0.2, 0.25) is 0 Å². The number of benzene rings is 1. The molecule has 5 heteroatoms. The van der Waals surface area contributed by atoms with Crippen LogP contribution in [-0.2, 0) is 13.0 Å². The smallest absolute Gasteiger partial charge is 0.191 e. The van der Waals surface area contributed by atoms with Crippen LogP contribution in [0.15, 0.2) is 29.3 Å². The van der Waals surface area contributed by atoms with E-state index < -0.39 is 0 Å². The molecule has 0 spiro atoms. The van der Waals surface area contributed by atoms with Gasteiger partial charge in [0.15, 0.2) is 5.96 Å². The second-order valence-electron chi connectivity index (χ2n) is 6.34. The summed E-state index contributed by atoms with van der Waals surface area (Å²) < 4.78 is 11.7. The Kier molecular flexibility index (Phi) is 5.28. The minimum atomic E-state index is 0.238. The van der Waals surface area contributed by atoms with Crippen molar-refractivity contribution in [3.8, 4) is 11.5 Å². The Morgan fingerprint density at radius 1 is 1.33 bits per heavy atom. The Balaban J connectivity index is 1.68. The lowest BCUT2D eigenvalue weighted by atomic mass is 10.1. The quantitative estimate of drug-likeness (QED) is 0.495. The fourth-order valence-electron chi connectivity index (χ4n) is 3.21. The summed E-state index contributed by atoms with van der Waals surface area (Å²) in [5.74, 6) is 2.73. The number of nitrogens with one attached hydrogen (secondary N) is 2. The van der Waals surface area contributed by atoms with Crippen molar-refractivity contribution in [3.63, 3.8) is 0 Å². The average molecular weight is 329 g/mol. The van der Waals surface area contributed by atoms with E-state index in [1.165, 1.54) is 5.56 Å². The van der Waals surface area contributed by atoms with Crippen LogP contribution < -0.4 is 20.1 Å². The number of hydrogen-bond acceptors (Lipinski definition) is 3. The van der Waals surface area contributed by atoms with Gasteiger partial charge in [0.2, 0.25) is 0 Å². The first-order chi connectivity index (χ1) is 11.7. The van der Waals surface area contributed by atoms with E-state index in [2.05, 4.69) is 46.8 Å². The maximum atomic E-state index is 5.88. The Morgan fingerprint density at radius 3 is 2.83 bits per heavy atom. The molecule has 1 unspecified atom stereocenters. The summed E-state index contributed by atoms with van der Waals surface area (Å²) in [7, 11) is 1.80. The summed E-state index contributed by atoms with van der Waals surface area (Å²) in [5, 5.41) is 6.84. The van der Waals surface area contributed by atoms with Gasteiger partial charge in [-0.2, -0.15) is 0 Å². The molecule has 0 saturated heterocycles. The minimum Gasteiger partial charge on any atom is -0.494 e.